The number of nitrogens with one attached hydrogen (secondary N) is 1. The Kier molecular flexibility index (Phi) is 8.37. The van der Waals surface area contributed by atoms with Crippen LogP contribution in [-0.2, 0) is 19.6 Å². The van der Waals surface area contributed by atoms with Crippen molar-refractivity contribution in [1.82, 2.24) is 0 Å². The van der Waals surface area contributed by atoms with Gasteiger partial charge in [0.1, 0.15) is 17.2 Å². The van der Waals surface area contributed by atoms with Crippen LogP contribution in [0, 0.1) is 6.92 Å². The van der Waals surface area contributed by atoms with E-state index in [4.69, 9.17) is 21.1 Å². The molecule has 3 aromatic carbocycles. The minimum Gasteiger partial charge on any atom is -0.495 e. The number of carbonyl (C=O) groups excluding carboxylic acids is 2. The molecule has 3 rings (SSSR count). The number of sulfonamides is 1. The zero-order valence-corrected chi connectivity index (χ0v) is 21.0. The third-order valence-corrected chi connectivity index (χ3v) is 7.02. The first-order chi connectivity index (χ1) is 16.6. The first kappa shape index (κ1) is 26.1. The van der Waals surface area contributed by atoms with Crippen LogP contribution < -0.4 is 14.4 Å². The number of halogens is 1. The lowest BCUT2D eigenvalue weighted by atomic mass is 10.2. The Balaban J connectivity index is 1.91. The van der Waals surface area contributed by atoms with E-state index in [0.29, 0.717) is 21.8 Å². The lowest BCUT2D eigenvalue weighted by molar-refractivity contribution is -0.114. The zero-order valence-electron chi connectivity index (χ0n) is 19.4. The molecular weight excluding hydrogens is 492 g/mol. The van der Waals surface area contributed by atoms with Gasteiger partial charge in [0.05, 0.1) is 25.0 Å². The van der Waals surface area contributed by atoms with Crippen molar-refractivity contribution in [3.63, 3.8) is 0 Å². The molecule has 0 radical (unpaired) electrons. The number of carbonyl (C=O) groups is 2. The highest BCUT2D eigenvalue weighted by molar-refractivity contribution is 7.93. The molecule has 35 heavy (non-hydrogen) atoms. The summed E-state index contributed by atoms with van der Waals surface area (Å²) < 4.78 is 38.6. The number of ether oxygens (including phenoxy) is 2. The number of esters is 1. The Hall–Kier alpha value is -3.56. The average Bonchev–Trinajstić information content (AvgIpc) is 2.83. The van der Waals surface area contributed by atoms with Gasteiger partial charge >= 0.3 is 5.97 Å². The molecule has 0 aliphatic carbocycles. The predicted octanol–water partition coefficient (Wildman–Crippen LogP) is 4.67. The molecule has 8 nitrogen and oxygen atoms in total. The maximum Gasteiger partial charge on any atom is 0.338 e. The van der Waals surface area contributed by atoms with Crippen molar-refractivity contribution in [2.45, 2.75) is 18.7 Å². The molecule has 10 heteroatoms. The van der Waals surface area contributed by atoms with E-state index in [1.165, 1.54) is 49.6 Å². The molecule has 0 bridgehead atoms. The molecule has 0 unspecified atom stereocenters. The number of benzene rings is 3. The van der Waals surface area contributed by atoms with Gasteiger partial charge in [0.2, 0.25) is 5.91 Å². The summed E-state index contributed by atoms with van der Waals surface area (Å²) in [6.07, 6.45) is 0. The average molecular weight is 517 g/mol. The van der Waals surface area contributed by atoms with Gasteiger partial charge in [0.15, 0.2) is 0 Å². The summed E-state index contributed by atoms with van der Waals surface area (Å²) in [5.74, 6) is -0.902. The van der Waals surface area contributed by atoms with Crippen molar-refractivity contribution in [3.8, 4) is 5.75 Å². The van der Waals surface area contributed by atoms with Crippen molar-refractivity contribution >= 4 is 44.9 Å². The standard InChI is InChI=1S/C25H25ClN2O6S/c1-4-34-25(30)18-6-10-20(11-7-18)27-24(29)16-28(21-12-8-19(26)9-13-21)35(31,32)23-15-17(2)5-14-22(23)33-3/h5-15H,4,16H2,1-3H3,(H,27,29). The van der Waals surface area contributed by atoms with Crippen LogP contribution in [0.1, 0.15) is 22.8 Å². The molecule has 0 saturated carbocycles. The summed E-state index contributed by atoms with van der Waals surface area (Å²) in [7, 11) is -2.82. The zero-order chi connectivity index (χ0) is 25.6. The molecule has 1 N–H and O–H groups in total. The van der Waals surface area contributed by atoms with Gasteiger partial charge in [-0.15, -0.1) is 0 Å². The van der Waals surface area contributed by atoms with Crippen molar-refractivity contribution < 1.29 is 27.5 Å². The lowest BCUT2D eigenvalue weighted by Gasteiger charge is -2.25. The number of aryl methyl sites for hydroxylation is 1. The molecule has 0 saturated heterocycles. The van der Waals surface area contributed by atoms with Crippen molar-refractivity contribution in [2.75, 3.05) is 29.9 Å². The molecule has 0 heterocycles. The molecule has 0 aromatic heterocycles. The van der Waals surface area contributed by atoms with E-state index in [9.17, 15) is 18.0 Å². The quantitative estimate of drug-likeness (QED) is 0.415. The van der Waals surface area contributed by atoms with Gasteiger partial charge in [-0.25, -0.2) is 13.2 Å². The Morgan fingerprint density at radius 3 is 2.26 bits per heavy atom. The van der Waals surface area contributed by atoms with Crippen LogP contribution in [-0.4, -0.2) is 40.6 Å². The number of methoxy groups -OCH3 is 1. The Morgan fingerprint density at radius 2 is 1.66 bits per heavy atom. The van der Waals surface area contributed by atoms with Crippen molar-refractivity contribution in [1.29, 1.82) is 0 Å². The van der Waals surface area contributed by atoms with Gasteiger partial charge in [0, 0.05) is 10.7 Å². The first-order valence-electron chi connectivity index (χ1n) is 10.7. The van der Waals surface area contributed by atoms with Crippen molar-refractivity contribution in [3.05, 3.63) is 82.9 Å². The Labute approximate surface area is 209 Å². The van der Waals surface area contributed by atoms with Crippen LogP contribution in [0.15, 0.2) is 71.6 Å². The van der Waals surface area contributed by atoms with E-state index < -0.39 is 28.4 Å². The monoisotopic (exact) mass is 516 g/mol. The molecule has 184 valence electrons. The second-order valence-corrected chi connectivity index (χ2v) is 9.76. The van der Waals surface area contributed by atoms with Crippen LogP contribution in [0.4, 0.5) is 11.4 Å². The molecule has 1 amide bonds. The van der Waals surface area contributed by atoms with Gasteiger partial charge in [-0.2, -0.15) is 0 Å². The molecule has 0 fully saturated rings. The summed E-state index contributed by atoms with van der Waals surface area (Å²) >= 11 is 5.98. The second-order valence-electron chi connectivity index (χ2n) is 7.49. The number of rotatable bonds is 9. The van der Waals surface area contributed by atoms with E-state index in [0.717, 1.165) is 4.31 Å². The van der Waals surface area contributed by atoms with E-state index in [-0.39, 0.29) is 22.9 Å². The summed E-state index contributed by atoms with van der Waals surface area (Å²) in [5.41, 5.74) is 1.70. The SMILES string of the molecule is CCOC(=O)c1ccc(NC(=O)CN(c2ccc(Cl)cc2)S(=O)(=O)c2cc(C)ccc2OC)cc1. The van der Waals surface area contributed by atoms with Gasteiger partial charge in [-0.3, -0.25) is 9.10 Å². The molecular formula is C25H25ClN2O6S. The second kappa shape index (κ2) is 11.2. The van der Waals surface area contributed by atoms with Crippen LogP contribution in [0.5, 0.6) is 5.75 Å². The van der Waals surface area contributed by atoms with Crippen LogP contribution in [0.25, 0.3) is 0 Å². The van der Waals surface area contributed by atoms with Gasteiger partial charge < -0.3 is 14.8 Å². The maximum atomic E-state index is 13.7. The van der Waals surface area contributed by atoms with Crippen LogP contribution in [0.2, 0.25) is 5.02 Å². The summed E-state index contributed by atoms with van der Waals surface area (Å²) in [6, 6.07) is 17.0. The minimum absolute atomic E-state index is 0.0680. The van der Waals surface area contributed by atoms with E-state index >= 15 is 0 Å². The molecule has 0 aliphatic rings. The third kappa shape index (κ3) is 6.32. The fourth-order valence-corrected chi connectivity index (χ4v) is 5.05. The number of hydrogen-bond acceptors (Lipinski definition) is 6. The Bertz CT molecular complexity index is 1310. The summed E-state index contributed by atoms with van der Waals surface area (Å²) in [5, 5.41) is 3.08. The fraction of sp³-hybridized carbons (Fsp3) is 0.200. The van der Waals surface area contributed by atoms with Crippen LogP contribution in [0.3, 0.4) is 0 Å². The van der Waals surface area contributed by atoms with E-state index in [1.807, 2.05) is 0 Å². The highest BCUT2D eigenvalue weighted by atomic mass is 35.5. The lowest BCUT2D eigenvalue weighted by Crippen LogP contribution is -2.38. The first-order valence-corrected chi connectivity index (χ1v) is 12.5. The molecule has 0 spiro atoms. The minimum atomic E-state index is -4.20. The highest BCUT2D eigenvalue weighted by Crippen LogP contribution is 2.31. The number of amides is 1. The molecule has 0 aliphatic heterocycles. The maximum absolute atomic E-state index is 13.7. The number of anilines is 2. The highest BCUT2D eigenvalue weighted by Gasteiger charge is 2.30. The van der Waals surface area contributed by atoms with Gasteiger partial charge in [-0.05, 0) is 80.1 Å². The third-order valence-electron chi connectivity index (χ3n) is 4.97. The number of hydrogen-bond donors (Lipinski definition) is 1. The van der Waals surface area contributed by atoms with E-state index in [2.05, 4.69) is 5.32 Å². The number of nitrogens with zero attached hydrogens (tertiary/aromatic N) is 1. The summed E-state index contributed by atoms with van der Waals surface area (Å²) in [6.45, 7) is 3.20. The van der Waals surface area contributed by atoms with Gasteiger partial charge in [-0.1, -0.05) is 17.7 Å². The van der Waals surface area contributed by atoms with Gasteiger partial charge in [0.25, 0.3) is 10.0 Å². The normalized spacial score (nSPS) is 11.0. The smallest absolute Gasteiger partial charge is 0.338 e. The van der Waals surface area contributed by atoms with Crippen LogP contribution >= 0.6 is 11.6 Å². The fourth-order valence-electron chi connectivity index (χ4n) is 3.26. The topological polar surface area (TPSA) is 102 Å². The molecule has 0 atom stereocenters. The summed E-state index contributed by atoms with van der Waals surface area (Å²) in [4.78, 5) is 24.7. The largest absolute Gasteiger partial charge is 0.495 e. The molecule has 3 aromatic rings. The van der Waals surface area contributed by atoms with Crippen molar-refractivity contribution in [2.24, 2.45) is 0 Å². The van der Waals surface area contributed by atoms with E-state index in [1.54, 1.807) is 38.1 Å². The Morgan fingerprint density at radius 1 is 1.00 bits per heavy atom. The predicted molar refractivity (Wildman–Crippen MR) is 135 cm³/mol.